The van der Waals surface area contributed by atoms with E-state index in [4.69, 9.17) is 5.73 Å². The van der Waals surface area contributed by atoms with Crippen molar-refractivity contribution in [2.75, 3.05) is 6.54 Å². The highest BCUT2D eigenvalue weighted by atomic mass is 19.2. The largest absolute Gasteiger partial charge is 0.347 e. The predicted molar refractivity (Wildman–Crippen MR) is 77.4 cm³/mol. The normalized spacial score (nSPS) is 22.3. The van der Waals surface area contributed by atoms with Gasteiger partial charge in [-0.2, -0.15) is 0 Å². The smallest absolute Gasteiger partial charge is 0.224 e. The van der Waals surface area contributed by atoms with Crippen LogP contribution in [-0.4, -0.2) is 12.5 Å². The molecule has 1 fully saturated rings. The molecule has 5 heteroatoms. The van der Waals surface area contributed by atoms with Crippen molar-refractivity contribution < 1.29 is 13.6 Å². The van der Waals surface area contributed by atoms with Crippen LogP contribution in [0.4, 0.5) is 8.78 Å². The monoisotopic (exact) mass is 296 g/mol. The maximum Gasteiger partial charge on any atom is 0.224 e. The summed E-state index contributed by atoms with van der Waals surface area (Å²) in [5.74, 6) is -1.72. The van der Waals surface area contributed by atoms with E-state index in [0.29, 0.717) is 12.1 Å². The molecule has 2 atom stereocenters. The molecule has 0 heterocycles. The van der Waals surface area contributed by atoms with E-state index in [9.17, 15) is 13.6 Å². The van der Waals surface area contributed by atoms with Gasteiger partial charge < -0.3 is 11.1 Å². The summed E-state index contributed by atoms with van der Waals surface area (Å²) >= 11 is 0. The summed E-state index contributed by atoms with van der Waals surface area (Å²) in [7, 11) is 0. The fourth-order valence-electron chi connectivity index (χ4n) is 3.02. The summed E-state index contributed by atoms with van der Waals surface area (Å²) in [5, 5.41) is 2.94. The average molecular weight is 296 g/mol. The first-order chi connectivity index (χ1) is 9.85. The Morgan fingerprint density at radius 2 is 2.05 bits per heavy atom. The van der Waals surface area contributed by atoms with Gasteiger partial charge in [0.05, 0.1) is 5.54 Å². The van der Waals surface area contributed by atoms with Crippen LogP contribution in [0.15, 0.2) is 18.2 Å². The second kappa shape index (κ2) is 6.10. The molecule has 1 aromatic carbocycles. The quantitative estimate of drug-likeness (QED) is 0.897. The molecule has 3 N–H and O–H groups in total. The zero-order chi connectivity index (χ0) is 15.6. The van der Waals surface area contributed by atoms with Gasteiger partial charge in [0.1, 0.15) is 0 Å². The molecule has 1 amide bonds. The summed E-state index contributed by atoms with van der Waals surface area (Å²) in [6.07, 6.45) is 2.81. The van der Waals surface area contributed by atoms with Crippen molar-refractivity contribution in [3.63, 3.8) is 0 Å². The molecule has 1 aliphatic carbocycles. The fraction of sp³-hybridized carbons (Fsp3) is 0.562. The number of rotatable bonds is 4. The number of carbonyl (C=O) groups is 1. The Balaban J connectivity index is 2.12. The maximum atomic E-state index is 13.4. The molecule has 0 unspecified atom stereocenters. The zero-order valence-corrected chi connectivity index (χ0v) is 12.5. The van der Waals surface area contributed by atoms with Crippen molar-refractivity contribution in [1.82, 2.24) is 5.32 Å². The van der Waals surface area contributed by atoms with Gasteiger partial charge in [-0.25, -0.2) is 8.78 Å². The first kappa shape index (κ1) is 15.9. The summed E-state index contributed by atoms with van der Waals surface area (Å²) in [6, 6.07) is 3.70. The molecule has 0 bridgehead atoms. The van der Waals surface area contributed by atoms with Gasteiger partial charge in [0.15, 0.2) is 11.6 Å². The molecule has 0 aliphatic heterocycles. The van der Waals surface area contributed by atoms with E-state index in [2.05, 4.69) is 5.32 Å². The van der Waals surface area contributed by atoms with E-state index >= 15 is 0 Å². The van der Waals surface area contributed by atoms with Gasteiger partial charge >= 0.3 is 0 Å². The lowest BCUT2D eigenvalue weighted by Crippen LogP contribution is -2.45. The standard InChI is InChI=1S/C16H22F2N2O/c1-16(2,11-6-7-13(17)14(18)8-11)20-15(21)12-5-3-4-10(12)9-19/h6-8,10,12H,3-5,9,19H2,1-2H3,(H,20,21)/t10-,12-/m1/s1. The minimum absolute atomic E-state index is 0.0577. The second-order valence-corrected chi connectivity index (χ2v) is 6.28. The summed E-state index contributed by atoms with van der Waals surface area (Å²) < 4.78 is 26.4. The van der Waals surface area contributed by atoms with Gasteiger partial charge in [-0.3, -0.25) is 4.79 Å². The van der Waals surface area contributed by atoms with E-state index < -0.39 is 17.2 Å². The third-order valence-corrected chi connectivity index (χ3v) is 4.38. The highest BCUT2D eigenvalue weighted by Crippen LogP contribution is 2.32. The molecule has 1 aromatic rings. The number of hydrogen-bond donors (Lipinski definition) is 2. The Morgan fingerprint density at radius 3 is 2.67 bits per heavy atom. The molecule has 1 saturated carbocycles. The molecule has 3 nitrogen and oxygen atoms in total. The Hall–Kier alpha value is -1.49. The van der Waals surface area contributed by atoms with Gasteiger partial charge in [-0.15, -0.1) is 0 Å². The van der Waals surface area contributed by atoms with Gasteiger partial charge in [-0.05, 0) is 56.8 Å². The van der Waals surface area contributed by atoms with Gasteiger partial charge in [0.2, 0.25) is 5.91 Å². The van der Waals surface area contributed by atoms with Crippen LogP contribution in [0, 0.1) is 23.5 Å². The number of carbonyl (C=O) groups excluding carboxylic acids is 1. The Labute approximate surface area is 123 Å². The van der Waals surface area contributed by atoms with Crippen LogP contribution >= 0.6 is 0 Å². The third kappa shape index (κ3) is 3.40. The molecular formula is C16H22F2N2O. The first-order valence-corrected chi connectivity index (χ1v) is 7.33. The van der Waals surface area contributed by atoms with Crippen LogP contribution in [0.5, 0.6) is 0 Å². The molecule has 116 valence electrons. The Kier molecular flexibility index (Phi) is 4.61. The van der Waals surface area contributed by atoms with Crippen LogP contribution in [0.1, 0.15) is 38.7 Å². The number of nitrogens with two attached hydrogens (primary N) is 1. The summed E-state index contributed by atoms with van der Waals surface area (Å²) in [4.78, 5) is 12.4. The lowest BCUT2D eigenvalue weighted by atomic mass is 9.90. The van der Waals surface area contributed by atoms with Crippen LogP contribution in [0.25, 0.3) is 0 Å². The molecular weight excluding hydrogens is 274 g/mol. The van der Waals surface area contributed by atoms with E-state index in [-0.39, 0.29) is 17.7 Å². The third-order valence-electron chi connectivity index (χ3n) is 4.38. The molecule has 21 heavy (non-hydrogen) atoms. The maximum absolute atomic E-state index is 13.4. The van der Waals surface area contributed by atoms with Gasteiger partial charge in [-0.1, -0.05) is 12.5 Å². The highest BCUT2D eigenvalue weighted by molar-refractivity contribution is 5.80. The van der Waals surface area contributed by atoms with Crippen molar-refractivity contribution in [3.8, 4) is 0 Å². The summed E-state index contributed by atoms with van der Waals surface area (Å²) in [6.45, 7) is 4.07. The second-order valence-electron chi connectivity index (χ2n) is 6.28. The lowest BCUT2D eigenvalue weighted by molar-refractivity contribution is -0.127. The molecule has 0 aromatic heterocycles. The zero-order valence-electron chi connectivity index (χ0n) is 12.5. The fourth-order valence-corrected chi connectivity index (χ4v) is 3.02. The number of halogens is 2. The van der Waals surface area contributed by atoms with Crippen molar-refractivity contribution in [3.05, 3.63) is 35.4 Å². The minimum atomic E-state index is -0.907. The number of amides is 1. The Bertz CT molecular complexity index is 531. The number of nitrogens with one attached hydrogen (secondary N) is 1. The SMILES string of the molecule is CC(C)(NC(=O)[C@@H]1CCC[C@@H]1CN)c1ccc(F)c(F)c1. The molecule has 0 spiro atoms. The van der Waals surface area contributed by atoms with Crippen LogP contribution in [-0.2, 0) is 10.3 Å². The average Bonchev–Trinajstić information content (AvgIpc) is 2.89. The van der Waals surface area contributed by atoms with E-state index in [1.165, 1.54) is 6.07 Å². The van der Waals surface area contributed by atoms with Crippen LogP contribution in [0.3, 0.4) is 0 Å². The van der Waals surface area contributed by atoms with Crippen molar-refractivity contribution >= 4 is 5.91 Å². The van der Waals surface area contributed by atoms with Crippen LogP contribution < -0.4 is 11.1 Å². The van der Waals surface area contributed by atoms with Crippen molar-refractivity contribution in [2.24, 2.45) is 17.6 Å². The Morgan fingerprint density at radius 1 is 1.33 bits per heavy atom. The minimum Gasteiger partial charge on any atom is -0.347 e. The predicted octanol–water partition coefficient (Wildman–Crippen LogP) is 2.69. The topological polar surface area (TPSA) is 55.1 Å². The first-order valence-electron chi connectivity index (χ1n) is 7.33. The van der Waals surface area contributed by atoms with Crippen molar-refractivity contribution in [2.45, 2.75) is 38.6 Å². The van der Waals surface area contributed by atoms with E-state index in [1.54, 1.807) is 13.8 Å². The molecule has 0 saturated heterocycles. The van der Waals surface area contributed by atoms with Crippen LogP contribution in [0.2, 0.25) is 0 Å². The molecule has 1 aliphatic rings. The van der Waals surface area contributed by atoms with E-state index in [0.717, 1.165) is 31.4 Å². The van der Waals surface area contributed by atoms with E-state index in [1.807, 2.05) is 0 Å². The molecule has 0 radical (unpaired) electrons. The number of hydrogen-bond acceptors (Lipinski definition) is 2. The lowest BCUT2D eigenvalue weighted by Gasteiger charge is -2.30. The van der Waals surface area contributed by atoms with Gasteiger partial charge in [0, 0.05) is 5.92 Å². The number of benzene rings is 1. The van der Waals surface area contributed by atoms with Gasteiger partial charge in [0.25, 0.3) is 0 Å². The summed E-state index contributed by atoms with van der Waals surface area (Å²) in [5.41, 5.74) is 5.48. The molecule has 2 rings (SSSR count). The van der Waals surface area contributed by atoms with Crippen molar-refractivity contribution in [1.29, 1.82) is 0 Å². The highest BCUT2D eigenvalue weighted by Gasteiger charge is 2.35.